The summed E-state index contributed by atoms with van der Waals surface area (Å²) in [5, 5.41) is 17.4. The fourth-order valence-electron chi connectivity index (χ4n) is 1.78. The van der Waals surface area contributed by atoms with Crippen molar-refractivity contribution in [2.24, 2.45) is 0 Å². The number of carbonyl (C=O) groups is 1. The number of halogens is 3. The van der Waals surface area contributed by atoms with Crippen LogP contribution in [0.3, 0.4) is 0 Å². The first-order valence-corrected chi connectivity index (χ1v) is 7.15. The van der Waals surface area contributed by atoms with Gasteiger partial charge in [0.1, 0.15) is 11.6 Å². The molecule has 0 fully saturated rings. The van der Waals surface area contributed by atoms with Crippen molar-refractivity contribution in [1.82, 2.24) is 10.2 Å². The van der Waals surface area contributed by atoms with Gasteiger partial charge in [-0.25, -0.2) is 0 Å². The number of H-pyrrole nitrogens is 1. The number of nitrogens with one attached hydrogen (secondary N) is 1. The molecule has 1 heterocycles. The zero-order chi connectivity index (χ0) is 16.3. The molecule has 114 valence electrons. The van der Waals surface area contributed by atoms with Gasteiger partial charge in [-0.2, -0.15) is 23.5 Å². The number of nitrogens with zero attached hydrogens (tertiary/aromatic N) is 2. The summed E-state index contributed by atoms with van der Waals surface area (Å²) in [6.07, 6.45) is -5.03. The Morgan fingerprint density at radius 2 is 2.23 bits per heavy atom. The molecule has 0 aliphatic carbocycles. The van der Waals surface area contributed by atoms with Gasteiger partial charge in [0.25, 0.3) is 5.78 Å². The number of aryl methyl sites for hydroxylation is 1. The van der Waals surface area contributed by atoms with Gasteiger partial charge >= 0.3 is 6.18 Å². The van der Waals surface area contributed by atoms with E-state index in [1.807, 2.05) is 13.0 Å². The Morgan fingerprint density at radius 3 is 2.86 bits per heavy atom. The molecule has 0 amide bonds. The number of hydrogen-bond acceptors (Lipinski definition) is 4. The minimum Gasteiger partial charge on any atom is -0.283 e. The van der Waals surface area contributed by atoms with E-state index in [1.54, 1.807) is 12.1 Å². The van der Waals surface area contributed by atoms with Gasteiger partial charge in [-0.1, -0.05) is 6.07 Å². The number of nitriles is 1. The normalized spacial score (nSPS) is 12.4. The molecule has 0 spiro atoms. The highest BCUT2D eigenvalue weighted by Crippen LogP contribution is 2.24. The lowest BCUT2D eigenvalue weighted by Crippen LogP contribution is -2.23. The van der Waals surface area contributed by atoms with Crippen molar-refractivity contribution in [3.63, 3.8) is 0 Å². The van der Waals surface area contributed by atoms with Crippen LogP contribution in [0.25, 0.3) is 10.9 Å². The Labute approximate surface area is 128 Å². The molecule has 8 heteroatoms. The maximum absolute atomic E-state index is 12.3. The Kier molecular flexibility index (Phi) is 4.56. The number of aromatic nitrogens is 2. The third-order valence-corrected chi connectivity index (χ3v) is 3.79. The highest BCUT2D eigenvalue weighted by Gasteiger charge is 2.40. The molecule has 1 N–H and O–H groups in total. The molecular formula is C14H10F3N3OS. The van der Waals surface area contributed by atoms with Gasteiger partial charge in [-0.3, -0.25) is 9.89 Å². The molecule has 0 radical (unpaired) electrons. The quantitative estimate of drug-likeness (QED) is 0.688. The summed E-state index contributed by atoms with van der Waals surface area (Å²) >= 11 is 0.965. The zero-order valence-corrected chi connectivity index (χ0v) is 12.2. The number of rotatable bonds is 4. The Bertz CT molecular complexity index is 787. The van der Waals surface area contributed by atoms with Gasteiger partial charge in [-0.15, -0.1) is 11.8 Å². The van der Waals surface area contributed by atoms with E-state index in [0.29, 0.717) is 5.75 Å². The highest BCUT2D eigenvalue weighted by atomic mass is 32.2. The van der Waals surface area contributed by atoms with E-state index < -0.39 is 17.5 Å². The van der Waals surface area contributed by atoms with Gasteiger partial charge in [0.05, 0.1) is 5.52 Å². The third-order valence-electron chi connectivity index (χ3n) is 2.88. The lowest BCUT2D eigenvalue weighted by Gasteiger charge is -2.03. The average Bonchev–Trinajstić information content (AvgIpc) is 2.83. The molecule has 0 aliphatic rings. The van der Waals surface area contributed by atoms with Crippen molar-refractivity contribution in [2.75, 3.05) is 0 Å². The third kappa shape index (κ3) is 3.49. The summed E-state index contributed by atoms with van der Waals surface area (Å²) in [5.41, 5.74) is 1.64. The highest BCUT2D eigenvalue weighted by molar-refractivity contribution is 8.01. The van der Waals surface area contributed by atoms with Gasteiger partial charge in [0, 0.05) is 16.8 Å². The fourth-order valence-corrected chi connectivity index (χ4v) is 2.56. The first-order valence-electron chi connectivity index (χ1n) is 6.10. The smallest absolute Gasteiger partial charge is 0.283 e. The van der Waals surface area contributed by atoms with Crippen molar-refractivity contribution in [3.8, 4) is 6.07 Å². The number of aromatic amines is 1. The van der Waals surface area contributed by atoms with Crippen LogP contribution in [-0.2, 0) is 10.5 Å². The van der Waals surface area contributed by atoms with Crippen LogP contribution in [0.2, 0.25) is 0 Å². The van der Waals surface area contributed by atoms with Gasteiger partial charge in [-0.05, 0) is 30.0 Å². The minimum atomic E-state index is -5.03. The summed E-state index contributed by atoms with van der Waals surface area (Å²) in [6.45, 7) is 1.86. The van der Waals surface area contributed by atoms with E-state index in [-0.39, 0.29) is 0 Å². The second-order valence-electron chi connectivity index (χ2n) is 4.48. The van der Waals surface area contributed by atoms with E-state index in [4.69, 9.17) is 5.26 Å². The lowest BCUT2D eigenvalue weighted by atomic mass is 10.1. The van der Waals surface area contributed by atoms with Crippen LogP contribution in [0.4, 0.5) is 13.2 Å². The van der Waals surface area contributed by atoms with Crippen LogP contribution in [-0.4, -0.2) is 22.2 Å². The van der Waals surface area contributed by atoms with Gasteiger partial charge < -0.3 is 0 Å². The number of carbonyl (C=O) groups excluding carboxylic acids is 1. The predicted octanol–water partition coefficient (Wildman–Crippen LogP) is 3.64. The Morgan fingerprint density at radius 1 is 1.50 bits per heavy atom. The molecule has 1 aromatic carbocycles. The average molecular weight is 325 g/mol. The standard InChI is InChI=1S/C14H10F3N3OS/c1-8-11-4-9(2-3-12(11)20-19-8)6-22-7-10(5-18)13(21)14(15,16)17/h2-4,7H,6H2,1H3,(H,19,20). The van der Waals surface area contributed by atoms with Gasteiger partial charge in [0.2, 0.25) is 0 Å². The second kappa shape index (κ2) is 6.23. The van der Waals surface area contributed by atoms with E-state index in [2.05, 4.69) is 10.2 Å². The minimum absolute atomic E-state index is 0.344. The zero-order valence-electron chi connectivity index (χ0n) is 11.4. The molecule has 0 atom stereocenters. The maximum Gasteiger partial charge on any atom is 0.455 e. The summed E-state index contributed by atoms with van der Waals surface area (Å²) in [5.74, 6) is -1.78. The molecular weight excluding hydrogens is 315 g/mol. The molecule has 22 heavy (non-hydrogen) atoms. The molecule has 0 saturated heterocycles. The van der Waals surface area contributed by atoms with Crippen LogP contribution >= 0.6 is 11.8 Å². The summed E-state index contributed by atoms with van der Waals surface area (Å²) in [7, 11) is 0. The number of benzene rings is 1. The van der Waals surface area contributed by atoms with E-state index >= 15 is 0 Å². The largest absolute Gasteiger partial charge is 0.455 e. The van der Waals surface area contributed by atoms with Crippen molar-refractivity contribution in [3.05, 3.63) is 40.4 Å². The number of fused-ring (bicyclic) bond motifs is 1. The molecule has 2 aromatic rings. The Hall–Kier alpha value is -2.27. The van der Waals surface area contributed by atoms with Crippen LogP contribution < -0.4 is 0 Å². The molecule has 4 nitrogen and oxygen atoms in total. The second-order valence-corrected chi connectivity index (χ2v) is 5.34. The van der Waals surface area contributed by atoms with Gasteiger partial charge in [0.15, 0.2) is 0 Å². The first-order chi connectivity index (χ1) is 10.3. The summed E-state index contributed by atoms with van der Waals surface area (Å²) in [6, 6.07) is 6.74. The van der Waals surface area contributed by atoms with E-state index in [1.165, 1.54) is 6.07 Å². The number of alkyl halides is 3. The molecule has 2 rings (SSSR count). The monoisotopic (exact) mass is 325 g/mol. The van der Waals surface area contributed by atoms with Crippen molar-refractivity contribution in [2.45, 2.75) is 18.9 Å². The molecule has 0 unspecified atom stereocenters. The number of Topliss-reactive ketones (excluding diaryl/α,β-unsaturated/α-hetero) is 1. The van der Waals surface area contributed by atoms with E-state index in [0.717, 1.165) is 39.3 Å². The number of hydrogen-bond donors (Lipinski definition) is 1. The van der Waals surface area contributed by atoms with Crippen LogP contribution in [0.15, 0.2) is 29.2 Å². The topological polar surface area (TPSA) is 69.5 Å². The van der Waals surface area contributed by atoms with Crippen molar-refractivity contribution in [1.29, 1.82) is 5.26 Å². The molecule has 0 saturated carbocycles. The van der Waals surface area contributed by atoms with E-state index in [9.17, 15) is 18.0 Å². The molecule has 0 aliphatic heterocycles. The number of ketones is 1. The maximum atomic E-state index is 12.3. The van der Waals surface area contributed by atoms with Crippen LogP contribution in [0.1, 0.15) is 11.3 Å². The van der Waals surface area contributed by atoms with Crippen molar-refractivity contribution < 1.29 is 18.0 Å². The van der Waals surface area contributed by atoms with Crippen LogP contribution in [0, 0.1) is 18.3 Å². The van der Waals surface area contributed by atoms with Crippen molar-refractivity contribution >= 4 is 28.4 Å². The Balaban J connectivity index is 2.11. The number of allylic oxidation sites excluding steroid dienone is 1. The first kappa shape index (κ1) is 16.1. The summed E-state index contributed by atoms with van der Waals surface area (Å²) in [4.78, 5) is 11.0. The lowest BCUT2D eigenvalue weighted by molar-refractivity contribution is -0.166. The SMILES string of the molecule is Cc1[nH]nc2ccc(CSC=C(C#N)C(=O)C(F)(F)F)cc12. The molecule has 0 bridgehead atoms. The fraction of sp³-hybridized carbons (Fsp3) is 0.214. The predicted molar refractivity (Wildman–Crippen MR) is 76.9 cm³/mol. The number of thioether (sulfide) groups is 1. The van der Waals surface area contributed by atoms with Crippen LogP contribution in [0.5, 0.6) is 0 Å². The molecule has 1 aromatic heterocycles. The summed E-state index contributed by atoms with van der Waals surface area (Å²) < 4.78 is 36.8.